The van der Waals surface area contributed by atoms with E-state index in [0.717, 1.165) is 6.42 Å². The Hall–Kier alpha value is -0.0800. The number of aliphatic hydroxyl groups is 1. The summed E-state index contributed by atoms with van der Waals surface area (Å²) < 4.78 is 0. The van der Waals surface area contributed by atoms with Gasteiger partial charge < -0.3 is 10.0 Å². The van der Waals surface area contributed by atoms with E-state index in [4.69, 9.17) is 0 Å². The number of likely N-dealkylation sites (tertiary alicyclic amines) is 1. The Bertz CT molecular complexity index is 161. The second-order valence-electron chi connectivity index (χ2n) is 5.71. The molecule has 0 saturated carbocycles. The first-order valence-corrected chi connectivity index (χ1v) is 5.32. The molecule has 0 aromatic heterocycles. The maximum atomic E-state index is 9.86. The van der Waals surface area contributed by atoms with E-state index in [2.05, 4.69) is 34.7 Å². The number of aliphatic hydroxyl groups excluding tert-OH is 1. The van der Waals surface area contributed by atoms with Gasteiger partial charge in [0.15, 0.2) is 0 Å². The molecule has 1 unspecified atom stereocenters. The quantitative estimate of drug-likeness (QED) is 0.559. The van der Waals surface area contributed by atoms with Gasteiger partial charge in [0.1, 0.15) is 12.1 Å². The molecule has 1 saturated heterocycles. The minimum Gasteiger partial charge on any atom is -0.387 e. The van der Waals surface area contributed by atoms with Crippen LogP contribution in [-0.2, 0) is 0 Å². The number of quaternary nitrogens is 1. The van der Waals surface area contributed by atoms with Crippen molar-refractivity contribution >= 4 is 0 Å². The predicted octanol–water partition coefficient (Wildman–Crippen LogP) is 0.317. The molecule has 78 valence electrons. The average molecular weight is 186 g/mol. The van der Waals surface area contributed by atoms with Gasteiger partial charge in [0.25, 0.3) is 0 Å². The number of hydrogen-bond donors (Lipinski definition) is 2. The van der Waals surface area contributed by atoms with Gasteiger partial charge in [-0.15, -0.1) is 0 Å². The van der Waals surface area contributed by atoms with E-state index in [9.17, 15) is 5.11 Å². The molecule has 0 aromatic carbocycles. The molecule has 13 heavy (non-hydrogen) atoms. The third-order valence-electron chi connectivity index (χ3n) is 3.67. The van der Waals surface area contributed by atoms with Crippen LogP contribution in [0.4, 0.5) is 0 Å². The van der Waals surface area contributed by atoms with Crippen LogP contribution in [0.5, 0.6) is 0 Å². The van der Waals surface area contributed by atoms with Crippen molar-refractivity contribution in [1.29, 1.82) is 0 Å². The van der Waals surface area contributed by atoms with Crippen molar-refractivity contribution in [3.63, 3.8) is 0 Å². The largest absolute Gasteiger partial charge is 0.387 e. The second kappa shape index (κ2) is 3.58. The molecular weight excluding hydrogens is 162 g/mol. The van der Waals surface area contributed by atoms with Gasteiger partial charge in [0, 0.05) is 5.92 Å². The molecule has 0 amide bonds. The van der Waals surface area contributed by atoms with E-state index < -0.39 is 0 Å². The Morgan fingerprint density at radius 3 is 2.23 bits per heavy atom. The van der Waals surface area contributed by atoms with E-state index in [1.807, 2.05) is 0 Å². The Morgan fingerprint density at radius 2 is 1.85 bits per heavy atom. The van der Waals surface area contributed by atoms with Crippen molar-refractivity contribution in [3.8, 4) is 0 Å². The topological polar surface area (TPSA) is 24.7 Å². The van der Waals surface area contributed by atoms with Gasteiger partial charge in [-0.2, -0.15) is 0 Å². The molecule has 1 fully saturated rings. The molecule has 1 rings (SSSR count). The zero-order valence-electron chi connectivity index (χ0n) is 9.59. The number of hydrogen-bond acceptors (Lipinski definition) is 1. The Balaban J connectivity index is 2.64. The fourth-order valence-electron chi connectivity index (χ4n) is 2.14. The summed E-state index contributed by atoms with van der Waals surface area (Å²) in [6.45, 7) is 10.1. The number of likely N-dealkylation sites (N-methyl/N-ethyl adjacent to an activating group) is 1. The average Bonchev–Trinajstić information content (AvgIpc) is 1.97. The molecule has 2 heteroatoms. The normalized spacial score (nSPS) is 42.0. The van der Waals surface area contributed by atoms with Gasteiger partial charge in [-0.3, -0.25) is 0 Å². The molecule has 0 aromatic rings. The molecule has 2 nitrogen and oxygen atoms in total. The van der Waals surface area contributed by atoms with Gasteiger partial charge in [-0.25, -0.2) is 0 Å². The summed E-state index contributed by atoms with van der Waals surface area (Å²) in [5, 5.41) is 9.86. The summed E-state index contributed by atoms with van der Waals surface area (Å²) in [5.41, 5.74) is 0.336. The zero-order chi connectivity index (χ0) is 10.2. The molecule has 1 aliphatic rings. The van der Waals surface area contributed by atoms with E-state index >= 15 is 0 Å². The highest BCUT2D eigenvalue weighted by Gasteiger charge is 2.38. The van der Waals surface area contributed by atoms with Crippen molar-refractivity contribution in [2.24, 2.45) is 11.3 Å². The summed E-state index contributed by atoms with van der Waals surface area (Å²) in [6, 6.07) is 0.401. The highest BCUT2D eigenvalue weighted by molar-refractivity contribution is 4.81. The summed E-state index contributed by atoms with van der Waals surface area (Å²) in [5.74, 6) is 0.652. The van der Waals surface area contributed by atoms with Crippen molar-refractivity contribution in [2.45, 2.75) is 46.3 Å². The second-order valence-corrected chi connectivity index (χ2v) is 5.71. The molecule has 2 N–H and O–H groups in total. The van der Waals surface area contributed by atoms with Crippen LogP contribution in [0.15, 0.2) is 0 Å². The van der Waals surface area contributed by atoms with Crippen LogP contribution >= 0.6 is 0 Å². The van der Waals surface area contributed by atoms with Gasteiger partial charge >= 0.3 is 0 Å². The van der Waals surface area contributed by atoms with Crippen LogP contribution in [0.2, 0.25) is 0 Å². The Kier molecular flexibility index (Phi) is 3.03. The minimum absolute atomic E-state index is 0.113. The monoisotopic (exact) mass is 186 g/mol. The van der Waals surface area contributed by atoms with E-state index in [-0.39, 0.29) is 6.10 Å². The Labute approximate surface area is 81.9 Å². The van der Waals surface area contributed by atoms with Gasteiger partial charge in [-0.1, -0.05) is 20.8 Å². The van der Waals surface area contributed by atoms with E-state index in [1.165, 1.54) is 11.4 Å². The SMILES string of the molecule is C[C@H]1[C@@H](O)C[C@H](C(C)(C)C)C[NH+]1C. The van der Waals surface area contributed by atoms with Crippen LogP contribution in [0.1, 0.15) is 34.1 Å². The zero-order valence-corrected chi connectivity index (χ0v) is 9.59. The minimum atomic E-state index is -0.113. The van der Waals surface area contributed by atoms with Crippen LogP contribution in [0.3, 0.4) is 0 Å². The fraction of sp³-hybridized carbons (Fsp3) is 1.00. The van der Waals surface area contributed by atoms with Crippen LogP contribution in [0.25, 0.3) is 0 Å². The van der Waals surface area contributed by atoms with Crippen molar-refractivity contribution < 1.29 is 10.0 Å². The van der Waals surface area contributed by atoms with Gasteiger partial charge in [-0.05, 0) is 18.8 Å². The molecule has 0 aliphatic carbocycles. The maximum absolute atomic E-state index is 9.86. The number of nitrogens with one attached hydrogen (secondary N) is 1. The van der Waals surface area contributed by atoms with Gasteiger partial charge in [0.05, 0.1) is 13.6 Å². The lowest BCUT2D eigenvalue weighted by Crippen LogP contribution is -3.16. The number of piperidine rings is 1. The fourth-order valence-corrected chi connectivity index (χ4v) is 2.14. The first kappa shape index (κ1) is 11.0. The third-order valence-corrected chi connectivity index (χ3v) is 3.67. The van der Waals surface area contributed by atoms with Crippen LogP contribution in [0, 0.1) is 11.3 Å². The summed E-state index contributed by atoms with van der Waals surface area (Å²) in [6.07, 6.45) is 0.861. The van der Waals surface area contributed by atoms with Gasteiger partial charge in [0.2, 0.25) is 0 Å². The molecule has 0 spiro atoms. The molecule has 0 bridgehead atoms. The molecule has 4 atom stereocenters. The Morgan fingerprint density at radius 1 is 1.31 bits per heavy atom. The van der Waals surface area contributed by atoms with Crippen molar-refractivity contribution in [2.75, 3.05) is 13.6 Å². The predicted molar refractivity (Wildman–Crippen MR) is 54.8 cm³/mol. The first-order valence-electron chi connectivity index (χ1n) is 5.32. The lowest BCUT2D eigenvalue weighted by atomic mass is 9.74. The maximum Gasteiger partial charge on any atom is 0.111 e. The smallest absolute Gasteiger partial charge is 0.111 e. The molecule has 1 heterocycles. The van der Waals surface area contributed by atoms with Crippen molar-refractivity contribution in [3.05, 3.63) is 0 Å². The van der Waals surface area contributed by atoms with Crippen LogP contribution in [-0.4, -0.2) is 30.8 Å². The summed E-state index contributed by atoms with van der Waals surface area (Å²) >= 11 is 0. The highest BCUT2D eigenvalue weighted by Crippen LogP contribution is 2.30. The lowest BCUT2D eigenvalue weighted by Gasteiger charge is -2.41. The third kappa shape index (κ3) is 2.44. The van der Waals surface area contributed by atoms with E-state index in [1.54, 1.807) is 0 Å². The molecular formula is C11H24NO+. The molecule has 1 aliphatic heterocycles. The van der Waals surface area contributed by atoms with Crippen molar-refractivity contribution in [1.82, 2.24) is 0 Å². The number of rotatable bonds is 0. The highest BCUT2D eigenvalue weighted by atomic mass is 16.3. The first-order chi connectivity index (χ1) is 5.82. The summed E-state index contributed by atoms with van der Waals surface area (Å²) in [4.78, 5) is 1.47. The van der Waals surface area contributed by atoms with Crippen LogP contribution < -0.4 is 4.90 Å². The standard InChI is InChI=1S/C11H23NO/c1-8-10(13)6-9(7-12(8)5)11(2,3)4/h8-10,13H,6-7H2,1-5H3/p+1/t8-,9-,10-/m0/s1. The lowest BCUT2D eigenvalue weighted by molar-refractivity contribution is -0.918. The summed E-state index contributed by atoms with van der Waals surface area (Å²) in [7, 11) is 2.19. The van der Waals surface area contributed by atoms with E-state index in [0.29, 0.717) is 17.4 Å². The molecule has 0 radical (unpaired) electrons.